The first-order chi connectivity index (χ1) is 10.5. The predicted molar refractivity (Wildman–Crippen MR) is 94.8 cm³/mol. The summed E-state index contributed by atoms with van der Waals surface area (Å²) >= 11 is 0. The van der Waals surface area contributed by atoms with Crippen molar-refractivity contribution in [3.8, 4) is 0 Å². The molecule has 5 nitrogen and oxygen atoms in total. The Kier molecular flexibility index (Phi) is 17.3. The van der Waals surface area contributed by atoms with Crippen LogP contribution in [0.15, 0.2) is 0 Å². The van der Waals surface area contributed by atoms with E-state index < -0.39 is 11.8 Å². The third-order valence-electron chi connectivity index (χ3n) is 4.22. The highest BCUT2D eigenvalue weighted by Gasteiger charge is 2.31. The van der Waals surface area contributed by atoms with Crippen molar-refractivity contribution >= 4 is 5.97 Å². The smallest absolute Gasteiger partial charge is 0.364 e. The van der Waals surface area contributed by atoms with Crippen molar-refractivity contribution in [2.45, 2.75) is 109 Å². The van der Waals surface area contributed by atoms with Gasteiger partial charge in [-0.15, -0.1) is 0 Å². The minimum Gasteiger partial charge on any atom is -0.477 e. The van der Waals surface area contributed by atoms with Crippen LogP contribution in [0.25, 0.3) is 0 Å². The standard InChI is InChI=1S/C18H36O4.H3N/c1-2-3-4-5-6-7-8-9-10-11-12-13-14-15-16-18(21,22)17(19)20;/h21-22H,2-16H2,1H3,(H,19,20);1H3. The van der Waals surface area contributed by atoms with Crippen LogP contribution < -0.4 is 6.15 Å². The molecule has 0 aromatic rings. The van der Waals surface area contributed by atoms with Crippen LogP contribution in [-0.2, 0) is 4.79 Å². The zero-order valence-corrected chi connectivity index (χ0v) is 15.1. The summed E-state index contributed by atoms with van der Waals surface area (Å²) in [4.78, 5) is 10.5. The van der Waals surface area contributed by atoms with Crippen molar-refractivity contribution in [3.05, 3.63) is 0 Å². The van der Waals surface area contributed by atoms with Crippen LogP contribution in [0.4, 0.5) is 0 Å². The number of aliphatic hydroxyl groups is 2. The average molecular weight is 334 g/mol. The third-order valence-corrected chi connectivity index (χ3v) is 4.22. The van der Waals surface area contributed by atoms with Gasteiger partial charge in [0.1, 0.15) is 0 Å². The fourth-order valence-corrected chi connectivity index (χ4v) is 2.67. The van der Waals surface area contributed by atoms with E-state index >= 15 is 0 Å². The van der Waals surface area contributed by atoms with Crippen LogP contribution >= 0.6 is 0 Å². The van der Waals surface area contributed by atoms with E-state index in [9.17, 15) is 4.79 Å². The van der Waals surface area contributed by atoms with Crippen LogP contribution in [0, 0.1) is 0 Å². The molecule has 0 aliphatic rings. The monoisotopic (exact) mass is 333 g/mol. The summed E-state index contributed by atoms with van der Waals surface area (Å²) in [6.45, 7) is 2.25. The second kappa shape index (κ2) is 16.2. The first kappa shape index (κ1) is 24.6. The lowest BCUT2D eigenvalue weighted by molar-refractivity contribution is -0.205. The van der Waals surface area contributed by atoms with E-state index in [2.05, 4.69) is 6.92 Å². The Morgan fingerprint density at radius 1 is 0.696 bits per heavy atom. The second-order valence-corrected chi connectivity index (χ2v) is 6.47. The van der Waals surface area contributed by atoms with Crippen molar-refractivity contribution in [2.75, 3.05) is 0 Å². The van der Waals surface area contributed by atoms with E-state index in [0.717, 1.165) is 19.3 Å². The van der Waals surface area contributed by atoms with Crippen LogP contribution in [0.2, 0.25) is 0 Å². The highest BCUT2D eigenvalue weighted by atomic mass is 16.5. The largest absolute Gasteiger partial charge is 0.477 e. The number of hydrogen-bond donors (Lipinski definition) is 4. The van der Waals surface area contributed by atoms with Crippen molar-refractivity contribution < 1.29 is 20.1 Å². The van der Waals surface area contributed by atoms with Gasteiger partial charge in [-0.2, -0.15) is 0 Å². The third kappa shape index (κ3) is 16.0. The van der Waals surface area contributed by atoms with Gasteiger partial charge in [0.05, 0.1) is 0 Å². The Hall–Kier alpha value is -0.650. The Balaban J connectivity index is 0. The zero-order chi connectivity index (χ0) is 16.7. The summed E-state index contributed by atoms with van der Waals surface area (Å²) in [5.41, 5.74) is 0. The topological polar surface area (TPSA) is 113 Å². The zero-order valence-electron chi connectivity index (χ0n) is 15.1. The maximum atomic E-state index is 10.5. The number of aliphatic carboxylic acids is 1. The molecule has 0 spiro atoms. The molecule has 0 aromatic heterocycles. The first-order valence-corrected chi connectivity index (χ1v) is 9.19. The average Bonchev–Trinajstić information content (AvgIpc) is 2.47. The van der Waals surface area contributed by atoms with Gasteiger partial charge in [0.2, 0.25) is 0 Å². The molecule has 0 aliphatic carbocycles. The molecular weight excluding hydrogens is 294 g/mol. The van der Waals surface area contributed by atoms with Gasteiger partial charge < -0.3 is 21.5 Å². The molecule has 0 amide bonds. The van der Waals surface area contributed by atoms with Crippen molar-refractivity contribution in [1.82, 2.24) is 6.15 Å². The van der Waals surface area contributed by atoms with Crippen molar-refractivity contribution in [3.63, 3.8) is 0 Å². The summed E-state index contributed by atoms with van der Waals surface area (Å²) in [5, 5.41) is 26.8. The molecule has 0 rings (SSSR count). The van der Waals surface area contributed by atoms with Gasteiger partial charge in [-0.05, 0) is 6.42 Å². The molecule has 0 aliphatic heterocycles. The number of rotatable bonds is 16. The SMILES string of the molecule is CCCCCCCCCCCCCCCCC(O)(O)C(=O)O.N. The van der Waals surface area contributed by atoms with Crippen LogP contribution in [0.1, 0.15) is 103 Å². The molecule has 0 fully saturated rings. The summed E-state index contributed by atoms with van der Waals surface area (Å²) in [7, 11) is 0. The van der Waals surface area contributed by atoms with E-state index in [0.29, 0.717) is 6.42 Å². The van der Waals surface area contributed by atoms with Crippen molar-refractivity contribution in [1.29, 1.82) is 0 Å². The molecule has 0 radical (unpaired) electrons. The van der Waals surface area contributed by atoms with E-state index in [-0.39, 0.29) is 12.6 Å². The van der Waals surface area contributed by atoms with Gasteiger partial charge in [-0.25, -0.2) is 4.79 Å². The van der Waals surface area contributed by atoms with E-state index in [1.54, 1.807) is 0 Å². The fraction of sp³-hybridized carbons (Fsp3) is 0.944. The lowest BCUT2D eigenvalue weighted by Gasteiger charge is -2.15. The lowest BCUT2D eigenvalue weighted by Crippen LogP contribution is -2.37. The molecular formula is C18H39NO4. The van der Waals surface area contributed by atoms with E-state index in [4.69, 9.17) is 15.3 Å². The summed E-state index contributed by atoms with van der Waals surface area (Å²) in [5.74, 6) is -4.10. The molecule has 140 valence electrons. The number of carbonyl (C=O) groups is 1. The van der Waals surface area contributed by atoms with Crippen LogP contribution in [-0.4, -0.2) is 27.1 Å². The van der Waals surface area contributed by atoms with Gasteiger partial charge in [-0.1, -0.05) is 90.4 Å². The number of hydrogen-bond acceptors (Lipinski definition) is 4. The van der Waals surface area contributed by atoms with Gasteiger partial charge in [0.15, 0.2) is 0 Å². The number of unbranched alkanes of at least 4 members (excludes halogenated alkanes) is 13. The van der Waals surface area contributed by atoms with Gasteiger partial charge in [-0.3, -0.25) is 0 Å². The minimum absolute atomic E-state index is 0. The van der Waals surface area contributed by atoms with Gasteiger partial charge in [0.25, 0.3) is 5.79 Å². The maximum absolute atomic E-state index is 10.5. The quantitative estimate of drug-likeness (QED) is 0.240. The number of carboxylic acid groups (broad SMARTS) is 1. The summed E-state index contributed by atoms with van der Waals surface area (Å²) in [6, 6.07) is 0. The summed E-state index contributed by atoms with van der Waals surface area (Å²) < 4.78 is 0. The van der Waals surface area contributed by atoms with E-state index in [1.807, 2.05) is 0 Å². The number of carboxylic acids is 1. The molecule has 5 heteroatoms. The predicted octanol–water partition coefficient (Wildman–Crippen LogP) is 4.79. The van der Waals surface area contributed by atoms with Gasteiger partial charge >= 0.3 is 5.97 Å². The highest BCUT2D eigenvalue weighted by Crippen LogP contribution is 2.15. The molecule has 0 saturated carbocycles. The molecule has 0 bridgehead atoms. The minimum atomic E-state index is -2.54. The van der Waals surface area contributed by atoms with E-state index in [1.165, 1.54) is 64.2 Å². The molecule has 0 unspecified atom stereocenters. The Morgan fingerprint density at radius 2 is 1.00 bits per heavy atom. The highest BCUT2D eigenvalue weighted by molar-refractivity contribution is 5.74. The fourth-order valence-electron chi connectivity index (χ4n) is 2.67. The summed E-state index contributed by atoms with van der Waals surface area (Å²) in [6.07, 6.45) is 17.0. The second-order valence-electron chi connectivity index (χ2n) is 6.47. The van der Waals surface area contributed by atoms with Crippen molar-refractivity contribution in [2.24, 2.45) is 0 Å². The molecule has 0 saturated heterocycles. The maximum Gasteiger partial charge on any atom is 0.364 e. The molecule has 6 N–H and O–H groups in total. The Morgan fingerprint density at radius 3 is 1.30 bits per heavy atom. The first-order valence-electron chi connectivity index (χ1n) is 9.19. The molecule has 0 atom stereocenters. The van der Waals surface area contributed by atoms with Crippen LogP contribution in [0.3, 0.4) is 0 Å². The molecule has 0 heterocycles. The van der Waals surface area contributed by atoms with Crippen LogP contribution in [0.5, 0.6) is 0 Å². The Labute approximate surface area is 142 Å². The normalized spacial score (nSPS) is 11.3. The Bertz CT molecular complexity index is 270. The molecule has 0 aromatic carbocycles. The lowest BCUT2D eigenvalue weighted by atomic mass is 10.0. The molecule has 23 heavy (non-hydrogen) atoms. The van der Waals surface area contributed by atoms with Gasteiger partial charge in [0, 0.05) is 6.42 Å².